The molecule has 3 saturated heterocycles. The van der Waals surface area contributed by atoms with E-state index in [9.17, 15) is 14.7 Å². The Labute approximate surface area is 344 Å². The van der Waals surface area contributed by atoms with Crippen molar-refractivity contribution in [2.24, 2.45) is 11.3 Å². The quantitative estimate of drug-likeness (QED) is 0.154. The van der Waals surface area contributed by atoms with Crippen LogP contribution in [0, 0.1) is 11.3 Å². The molecule has 1 spiro atoms. The summed E-state index contributed by atoms with van der Waals surface area (Å²) in [4.78, 5) is 53.5. The van der Waals surface area contributed by atoms with Crippen LogP contribution in [0.4, 0.5) is 5.69 Å². The summed E-state index contributed by atoms with van der Waals surface area (Å²) in [6, 6.07) is 11.2. The lowest BCUT2D eigenvalue weighted by atomic mass is 9.47. The van der Waals surface area contributed by atoms with Gasteiger partial charge in [-0.05, 0) is 61.9 Å². The van der Waals surface area contributed by atoms with Gasteiger partial charge >= 0.3 is 17.9 Å². The zero-order valence-electron chi connectivity index (χ0n) is 35.1. The van der Waals surface area contributed by atoms with Gasteiger partial charge in [-0.1, -0.05) is 44.2 Å². The first-order chi connectivity index (χ1) is 28.3. The number of fused-ring (bicyclic) bond motifs is 8. The number of hydrogen-bond donors (Lipinski definition) is 2. The summed E-state index contributed by atoms with van der Waals surface area (Å²) in [5.41, 5.74) is -0.627. The molecule has 6 aliphatic heterocycles. The molecule has 2 aromatic carbocycles. The maximum Gasteiger partial charge on any atom is 0.344 e. The molecule has 4 fully saturated rings. The van der Waals surface area contributed by atoms with Gasteiger partial charge in [0, 0.05) is 96.9 Å². The fraction of sp³-hybridized carbons (Fsp3) is 0.587. The zero-order valence-corrected chi connectivity index (χ0v) is 35.1. The lowest BCUT2D eigenvalue weighted by Crippen LogP contribution is -2.81. The molecule has 10 rings (SSSR count). The molecule has 13 nitrogen and oxygen atoms in total. The summed E-state index contributed by atoms with van der Waals surface area (Å²) < 4.78 is 30.7. The van der Waals surface area contributed by atoms with Crippen LogP contribution in [0.1, 0.15) is 68.8 Å². The van der Waals surface area contributed by atoms with Gasteiger partial charge in [0.2, 0.25) is 5.60 Å². The van der Waals surface area contributed by atoms with Crippen molar-refractivity contribution >= 4 is 34.5 Å². The van der Waals surface area contributed by atoms with Crippen molar-refractivity contribution in [2.45, 2.75) is 99.2 Å². The van der Waals surface area contributed by atoms with Gasteiger partial charge in [0.1, 0.15) is 16.8 Å². The highest BCUT2D eigenvalue weighted by Gasteiger charge is 2.80. The second-order valence-electron chi connectivity index (χ2n) is 18.3. The number of carbonyl (C=O) groups is 3. The fourth-order valence-corrected chi connectivity index (χ4v) is 13.9. The number of nitrogens with zero attached hydrogens (tertiary/aromatic N) is 3. The molecule has 2 bridgehead atoms. The molecule has 7 heterocycles. The first kappa shape index (κ1) is 38.8. The molecule has 0 amide bonds. The maximum atomic E-state index is 15.4. The summed E-state index contributed by atoms with van der Waals surface area (Å²) >= 11 is 0. The molecule has 11 atom stereocenters. The van der Waals surface area contributed by atoms with Crippen LogP contribution in [0.5, 0.6) is 5.75 Å². The number of anilines is 1. The van der Waals surface area contributed by atoms with E-state index in [2.05, 4.69) is 52.1 Å². The normalized spacial score (nSPS) is 38.7. The smallest absolute Gasteiger partial charge is 0.344 e. The van der Waals surface area contributed by atoms with Crippen LogP contribution in [0.25, 0.3) is 10.9 Å². The molecule has 0 radical (unpaired) electrons. The summed E-state index contributed by atoms with van der Waals surface area (Å²) in [6.07, 6.45) is 5.94. The Morgan fingerprint density at radius 3 is 2.49 bits per heavy atom. The fourth-order valence-electron chi connectivity index (χ4n) is 13.9. The van der Waals surface area contributed by atoms with E-state index in [0.717, 1.165) is 59.5 Å². The number of rotatable bonds is 7. The molecule has 1 aromatic heterocycles. The maximum absolute atomic E-state index is 15.4. The number of carbonyl (C=O) groups excluding carboxylic acids is 3. The van der Waals surface area contributed by atoms with Crippen molar-refractivity contribution < 1.29 is 43.2 Å². The number of methoxy groups -OCH3 is 3. The average molecular weight is 809 g/mol. The van der Waals surface area contributed by atoms with E-state index in [1.54, 1.807) is 7.11 Å². The van der Waals surface area contributed by atoms with Crippen molar-refractivity contribution in [2.75, 3.05) is 66.0 Å². The van der Waals surface area contributed by atoms with Crippen LogP contribution in [0.15, 0.2) is 48.6 Å². The molecule has 7 aliphatic rings. The predicted octanol–water partition coefficient (Wildman–Crippen LogP) is 4.01. The highest BCUT2D eigenvalue weighted by Crippen LogP contribution is 2.68. The minimum absolute atomic E-state index is 0.00603. The highest BCUT2D eigenvalue weighted by molar-refractivity contribution is 5.95. The van der Waals surface area contributed by atoms with Gasteiger partial charge in [-0.3, -0.25) is 19.4 Å². The molecule has 3 aromatic rings. The number of hydrogen-bond acceptors (Lipinski definition) is 12. The molecule has 1 unspecified atom stereocenters. The number of aliphatic hydroxyl groups is 1. The number of esters is 3. The number of aromatic amines is 1. The third kappa shape index (κ3) is 4.73. The Morgan fingerprint density at radius 2 is 1.78 bits per heavy atom. The van der Waals surface area contributed by atoms with Crippen LogP contribution < -0.4 is 9.64 Å². The minimum atomic E-state index is -2.29. The highest BCUT2D eigenvalue weighted by atomic mass is 16.6. The lowest BCUT2D eigenvalue weighted by Gasteiger charge is -2.63. The molecule has 2 N–H and O–H groups in total. The van der Waals surface area contributed by atoms with E-state index in [1.165, 1.54) is 21.1 Å². The Hall–Kier alpha value is -4.43. The minimum Gasteiger partial charge on any atom is -0.496 e. The van der Waals surface area contributed by atoms with Gasteiger partial charge in [0.25, 0.3) is 0 Å². The number of benzene rings is 2. The predicted molar refractivity (Wildman–Crippen MR) is 218 cm³/mol. The van der Waals surface area contributed by atoms with Crippen molar-refractivity contribution in [1.29, 1.82) is 0 Å². The van der Waals surface area contributed by atoms with Gasteiger partial charge in [0.15, 0.2) is 6.10 Å². The van der Waals surface area contributed by atoms with E-state index in [4.69, 9.17) is 23.7 Å². The molecular weight excluding hydrogens is 753 g/mol. The van der Waals surface area contributed by atoms with E-state index in [-0.39, 0.29) is 23.7 Å². The Balaban J connectivity index is 1.28. The number of nitrogens with one attached hydrogen (secondary N) is 1. The molecular formula is C46H56N4O9. The Bertz CT molecular complexity index is 2310. The number of aromatic nitrogens is 1. The van der Waals surface area contributed by atoms with E-state index < -0.39 is 51.9 Å². The third-order valence-corrected chi connectivity index (χ3v) is 16.0. The van der Waals surface area contributed by atoms with Gasteiger partial charge in [-0.25, -0.2) is 4.79 Å². The van der Waals surface area contributed by atoms with E-state index >= 15 is 4.79 Å². The largest absolute Gasteiger partial charge is 0.496 e. The number of epoxide rings is 1. The SMILES string of the molecule is CC[C@]12CN3CCc4c([nH]c5ccccc45)[C@@](C(=O)OC)(c4cc5c(cc4OC)N(C)[C@H]4[C@@](O)(C(=O)OC)[C@H](OC(C)=O)[C@]6(CC)C=CCN7CC[C@]54[C@H]76)C[C@H](C3)[C@@H]1O2. The van der Waals surface area contributed by atoms with Crippen molar-refractivity contribution in [1.82, 2.24) is 14.8 Å². The van der Waals surface area contributed by atoms with Crippen molar-refractivity contribution in [3.8, 4) is 5.75 Å². The van der Waals surface area contributed by atoms with Crippen LogP contribution in [-0.4, -0.2) is 134 Å². The number of H-pyrrole nitrogens is 1. The van der Waals surface area contributed by atoms with Crippen LogP contribution in [0.3, 0.4) is 0 Å². The van der Waals surface area contributed by atoms with E-state index in [1.807, 2.05) is 37.1 Å². The van der Waals surface area contributed by atoms with Crippen LogP contribution in [0.2, 0.25) is 0 Å². The standard InChI is InChI=1S/C46H56N4O9/c1-8-42-16-12-18-50-20-17-44(37(42)50)30-21-31(34(55-5)22-33(30)48(4)38(44)46(54,41(53)57-7)39(42)58-26(3)51)45(40(52)56-6)23-27-24-49(25-43(9-2)36(27)59-43)19-15-29-28-13-10-11-14-32(28)47-35(29)45/h10-14,16,21-22,27,36-39,47,54H,8-9,15,17-20,23-25H2,1-7H3/t27-,36+,37-,38-,39-,42-,43+,44-,45+,46+/m1/s1. The van der Waals surface area contributed by atoms with Gasteiger partial charge < -0.3 is 38.7 Å². The molecule has 314 valence electrons. The monoisotopic (exact) mass is 808 g/mol. The lowest BCUT2D eigenvalue weighted by molar-refractivity contribution is -0.228. The van der Waals surface area contributed by atoms with E-state index in [0.29, 0.717) is 50.1 Å². The molecule has 1 saturated carbocycles. The second kappa shape index (κ2) is 13.0. The average Bonchev–Trinajstić information content (AvgIpc) is 3.53. The number of para-hydroxylation sites is 1. The second-order valence-corrected chi connectivity index (χ2v) is 18.3. The number of ether oxygens (including phenoxy) is 5. The summed E-state index contributed by atoms with van der Waals surface area (Å²) in [6.45, 7) is 9.32. The first-order valence-corrected chi connectivity index (χ1v) is 21.3. The Kier molecular flexibility index (Phi) is 8.56. The van der Waals surface area contributed by atoms with Crippen LogP contribution in [-0.2, 0) is 50.6 Å². The molecule has 59 heavy (non-hydrogen) atoms. The molecule has 1 aliphatic carbocycles. The first-order valence-electron chi connectivity index (χ1n) is 21.3. The molecule has 13 heteroatoms. The van der Waals surface area contributed by atoms with Crippen molar-refractivity contribution in [3.63, 3.8) is 0 Å². The zero-order chi connectivity index (χ0) is 41.4. The van der Waals surface area contributed by atoms with Crippen molar-refractivity contribution in [3.05, 3.63) is 70.9 Å². The third-order valence-electron chi connectivity index (χ3n) is 16.0. The van der Waals surface area contributed by atoms with Crippen LogP contribution >= 0.6 is 0 Å². The summed E-state index contributed by atoms with van der Waals surface area (Å²) in [5.74, 6) is -1.37. The summed E-state index contributed by atoms with van der Waals surface area (Å²) in [5, 5.41) is 14.4. The van der Waals surface area contributed by atoms with Gasteiger partial charge in [-0.2, -0.15) is 0 Å². The number of piperidine rings is 1. The topological polar surface area (TPSA) is 146 Å². The Morgan fingerprint density at radius 1 is 1.00 bits per heavy atom. The number of likely N-dealkylation sites (N-methyl/N-ethyl adjacent to an activating group) is 1. The van der Waals surface area contributed by atoms with Gasteiger partial charge in [0.05, 0.1) is 33.5 Å². The summed E-state index contributed by atoms with van der Waals surface area (Å²) in [7, 11) is 6.23. The van der Waals surface area contributed by atoms with Gasteiger partial charge in [-0.15, -0.1) is 0 Å².